The minimum absolute atomic E-state index is 0.0107. The lowest BCUT2D eigenvalue weighted by Crippen LogP contribution is -2.45. The Morgan fingerprint density at radius 1 is 1.24 bits per heavy atom. The first-order valence-corrected chi connectivity index (χ1v) is 8.86. The van der Waals surface area contributed by atoms with Crippen molar-refractivity contribution < 1.29 is 4.79 Å². The molecule has 3 aromatic rings. The predicted molar refractivity (Wildman–Crippen MR) is 109 cm³/mol. The van der Waals surface area contributed by atoms with Crippen molar-refractivity contribution in [1.82, 2.24) is 25.1 Å². The minimum Gasteiger partial charge on any atom is -0.382 e. The first kappa shape index (κ1) is 20.0. The number of nitrogen functional groups attached to an aromatic ring is 1. The molecular formula is C18H18ClN9O. The van der Waals surface area contributed by atoms with Gasteiger partial charge in [0.05, 0.1) is 6.04 Å². The van der Waals surface area contributed by atoms with Gasteiger partial charge in [0.2, 0.25) is 0 Å². The van der Waals surface area contributed by atoms with Crippen LogP contribution in [-0.4, -0.2) is 37.5 Å². The van der Waals surface area contributed by atoms with E-state index in [0.717, 1.165) is 4.68 Å². The van der Waals surface area contributed by atoms with Gasteiger partial charge in [0, 0.05) is 23.1 Å². The van der Waals surface area contributed by atoms with Gasteiger partial charge in [-0.3, -0.25) is 15.6 Å². The molecule has 0 aliphatic heterocycles. The number of amides is 1. The molecule has 0 unspecified atom stereocenters. The fourth-order valence-corrected chi connectivity index (χ4v) is 2.62. The van der Waals surface area contributed by atoms with E-state index in [-0.39, 0.29) is 22.8 Å². The van der Waals surface area contributed by atoms with Crippen molar-refractivity contribution in [3.8, 4) is 0 Å². The van der Waals surface area contributed by atoms with Crippen molar-refractivity contribution in [2.24, 2.45) is 0 Å². The number of anilines is 3. The predicted octanol–water partition coefficient (Wildman–Crippen LogP) is 1.78. The number of hydrogen-bond donors (Lipinski definition) is 5. The van der Waals surface area contributed by atoms with Crippen LogP contribution in [0.3, 0.4) is 0 Å². The van der Waals surface area contributed by atoms with Crippen molar-refractivity contribution in [3.63, 3.8) is 0 Å². The van der Waals surface area contributed by atoms with Crippen LogP contribution >= 0.6 is 11.6 Å². The van der Waals surface area contributed by atoms with Crippen molar-refractivity contribution in [3.05, 3.63) is 65.0 Å². The van der Waals surface area contributed by atoms with E-state index in [9.17, 15) is 4.79 Å². The summed E-state index contributed by atoms with van der Waals surface area (Å²) in [5.41, 5.74) is 6.31. The number of aromatic nitrogens is 4. The molecule has 0 aliphatic carbocycles. The zero-order chi connectivity index (χ0) is 21.0. The molecule has 148 valence electrons. The first-order chi connectivity index (χ1) is 13.8. The van der Waals surface area contributed by atoms with E-state index in [1.807, 2.05) is 6.07 Å². The third-order valence-electron chi connectivity index (χ3n) is 3.86. The number of nitrogens with one attached hydrogen (secondary N) is 4. The Balaban J connectivity index is 1.78. The van der Waals surface area contributed by atoms with Crippen LogP contribution in [0.2, 0.25) is 5.02 Å². The molecule has 29 heavy (non-hydrogen) atoms. The number of carbonyl (C=O) groups excluding carboxylic acids is 1. The number of rotatable bonds is 5. The Morgan fingerprint density at radius 3 is 2.72 bits per heavy atom. The van der Waals surface area contributed by atoms with Crippen LogP contribution in [0, 0.1) is 10.8 Å². The monoisotopic (exact) mass is 411 g/mol. The average Bonchev–Trinajstić information content (AvgIpc) is 2.69. The smallest absolute Gasteiger partial charge is 0.274 e. The summed E-state index contributed by atoms with van der Waals surface area (Å²) in [5.74, 6) is -0.290. The largest absolute Gasteiger partial charge is 0.382 e. The van der Waals surface area contributed by atoms with E-state index in [2.05, 4.69) is 25.7 Å². The minimum atomic E-state index is -0.771. The van der Waals surface area contributed by atoms with Crippen LogP contribution in [0.15, 0.2) is 48.8 Å². The second-order valence-corrected chi connectivity index (χ2v) is 6.46. The topological polar surface area (TPSA) is 158 Å². The number of nitrogens with two attached hydrogens (primary N) is 1. The Morgan fingerprint density at radius 2 is 2.00 bits per heavy atom. The Kier molecular flexibility index (Phi) is 5.84. The van der Waals surface area contributed by atoms with Gasteiger partial charge in [-0.15, -0.1) is 5.10 Å². The maximum atomic E-state index is 12.3. The molecule has 10 nitrogen and oxygen atoms in total. The summed E-state index contributed by atoms with van der Waals surface area (Å²) in [7, 11) is 0. The fraction of sp³-hybridized carbons (Fsp3) is 0.111. The quantitative estimate of drug-likeness (QED) is 0.318. The van der Waals surface area contributed by atoms with Gasteiger partial charge in [0.25, 0.3) is 5.91 Å². The van der Waals surface area contributed by atoms with Gasteiger partial charge in [0.1, 0.15) is 11.3 Å². The third kappa shape index (κ3) is 4.74. The summed E-state index contributed by atoms with van der Waals surface area (Å²) in [6.07, 6.45) is 2.73. The molecule has 0 bridgehead atoms. The molecule has 2 heterocycles. The van der Waals surface area contributed by atoms with Crippen molar-refractivity contribution in [2.75, 3.05) is 11.1 Å². The molecule has 0 spiro atoms. The molecule has 0 saturated heterocycles. The Bertz CT molecular complexity index is 1130. The van der Waals surface area contributed by atoms with E-state index < -0.39 is 11.9 Å². The fourth-order valence-electron chi connectivity index (χ4n) is 2.43. The molecular weight excluding hydrogens is 394 g/mol. The Hall–Kier alpha value is -3.79. The average molecular weight is 412 g/mol. The highest BCUT2D eigenvalue weighted by Gasteiger charge is 2.19. The number of hydrogen-bond acceptors (Lipinski definition) is 8. The van der Waals surface area contributed by atoms with Crippen molar-refractivity contribution in [2.45, 2.75) is 13.0 Å². The number of nitrogens with zero attached hydrogens (tertiary/aromatic N) is 4. The van der Waals surface area contributed by atoms with Gasteiger partial charge in [-0.2, -0.15) is 4.68 Å². The molecule has 0 saturated carbocycles. The molecule has 0 radical (unpaired) electrons. The molecule has 1 amide bonds. The molecule has 0 fully saturated rings. The lowest BCUT2D eigenvalue weighted by molar-refractivity contribution is 0.0944. The number of carbonyl (C=O) groups is 1. The standard InChI is InChI=1S/C18H18ClN9O/c1-10(25-18(29)15-16(21)24-8-7-23-15)17(22)28-13(20)5-6-14(27-28)26-12-4-2-3-11(19)9-12/h2-10,20,22H,1H3,(H2,21,24)(H,25,29)(H,26,27)/t10-/m1/s1. The molecule has 1 atom stereocenters. The van der Waals surface area contributed by atoms with Gasteiger partial charge < -0.3 is 16.4 Å². The summed E-state index contributed by atoms with van der Waals surface area (Å²) in [4.78, 5) is 20.1. The molecule has 6 N–H and O–H groups in total. The first-order valence-electron chi connectivity index (χ1n) is 8.49. The highest BCUT2D eigenvalue weighted by Crippen LogP contribution is 2.18. The van der Waals surface area contributed by atoms with E-state index in [1.165, 1.54) is 18.5 Å². The van der Waals surface area contributed by atoms with Crippen LogP contribution in [-0.2, 0) is 0 Å². The molecule has 11 heteroatoms. The molecule has 2 aromatic heterocycles. The summed E-state index contributed by atoms with van der Waals surface area (Å²) in [6, 6.07) is 9.40. The second kappa shape index (κ2) is 8.48. The summed E-state index contributed by atoms with van der Waals surface area (Å²) < 4.78 is 1.11. The van der Waals surface area contributed by atoms with Crippen molar-refractivity contribution in [1.29, 1.82) is 10.8 Å². The normalized spacial score (nSPS) is 11.5. The summed E-state index contributed by atoms with van der Waals surface area (Å²) >= 11 is 5.98. The zero-order valence-electron chi connectivity index (χ0n) is 15.3. The lowest BCUT2D eigenvalue weighted by atomic mass is 10.2. The van der Waals surface area contributed by atoms with Crippen LogP contribution in [0.25, 0.3) is 0 Å². The zero-order valence-corrected chi connectivity index (χ0v) is 16.1. The number of benzene rings is 1. The third-order valence-corrected chi connectivity index (χ3v) is 4.09. The number of halogens is 1. The highest BCUT2D eigenvalue weighted by molar-refractivity contribution is 6.30. The van der Waals surface area contributed by atoms with Gasteiger partial charge >= 0.3 is 0 Å². The van der Waals surface area contributed by atoms with E-state index in [0.29, 0.717) is 16.5 Å². The van der Waals surface area contributed by atoms with Crippen molar-refractivity contribution >= 4 is 40.7 Å². The maximum absolute atomic E-state index is 12.3. The highest BCUT2D eigenvalue weighted by atomic mass is 35.5. The summed E-state index contributed by atoms with van der Waals surface area (Å²) in [5, 5.41) is 26.9. The molecule has 3 rings (SSSR count). The lowest BCUT2D eigenvalue weighted by Gasteiger charge is -2.17. The van der Waals surface area contributed by atoms with E-state index in [4.69, 9.17) is 28.2 Å². The Labute approximate surface area is 170 Å². The maximum Gasteiger partial charge on any atom is 0.274 e. The van der Waals surface area contributed by atoms with Crippen LogP contribution < -0.4 is 21.9 Å². The van der Waals surface area contributed by atoms with Crippen LogP contribution in [0.1, 0.15) is 17.4 Å². The molecule has 1 aromatic carbocycles. The van der Waals surface area contributed by atoms with Gasteiger partial charge in [-0.05, 0) is 37.3 Å². The SMILES string of the molecule is C[C@@H](NC(=O)c1nccnc1N)C(=N)n1nc(Nc2cccc(Cl)c2)ccc1=N. The van der Waals surface area contributed by atoms with Crippen LogP contribution in [0.4, 0.5) is 17.3 Å². The van der Waals surface area contributed by atoms with Crippen LogP contribution in [0.5, 0.6) is 0 Å². The second-order valence-electron chi connectivity index (χ2n) is 6.02. The molecule has 0 aliphatic rings. The van der Waals surface area contributed by atoms with Gasteiger partial charge in [-0.1, -0.05) is 17.7 Å². The van der Waals surface area contributed by atoms with E-state index >= 15 is 0 Å². The van der Waals surface area contributed by atoms with Gasteiger partial charge in [0.15, 0.2) is 17.3 Å². The van der Waals surface area contributed by atoms with Gasteiger partial charge in [-0.25, -0.2) is 9.97 Å². The van der Waals surface area contributed by atoms with E-state index in [1.54, 1.807) is 31.2 Å². The summed E-state index contributed by atoms with van der Waals surface area (Å²) in [6.45, 7) is 1.60.